The van der Waals surface area contributed by atoms with E-state index < -0.39 is 18.0 Å². The molecule has 3 aliphatic rings. The largest absolute Gasteiger partial charge is 0.467 e. The van der Waals surface area contributed by atoms with Gasteiger partial charge in [-0.15, -0.1) is 0 Å². The van der Waals surface area contributed by atoms with Crippen LogP contribution < -0.4 is 10.7 Å². The minimum atomic E-state index is -0.849. The van der Waals surface area contributed by atoms with Crippen LogP contribution in [0.1, 0.15) is 102 Å². The number of nitrogens with one attached hydrogen (secondary N) is 2. The number of carbonyl (C=O) groups excluding carboxylic acids is 5. The third-order valence-electron chi connectivity index (χ3n) is 13.6. The SMILES string of the molecule is C=CC(=O)N1CC[C@H](C(=O)N(C)[C@H](C(=O)N[C@@H](CN2CCC[C@@H](c3ccc4c(c3)c(CC(C)(C)COC=O)c(-c3cccnc3[C@H](C)OC)n4CC)C2)C(=O)N2CCCCN2)C(C)C)C1. The Kier molecular flexibility index (Phi) is 16.6. The molecule has 0 bridgehead atoms. The number of hydrazine groups is 1. The molecular formula is C50H72N8O7. The summed E-state index contributed by atoms with van der Waals surface area (Å²) < 4.78 is 13.5. The van der Waals surface area contributed by atoms with Crippen molar-refractivity contribution in [1.29, 1.82) is 0 Å². The highest BCUT2D eigenvalue weighted by atomic mass is 16.5. The fourth-order valence-electron chi connectivity index (χ4n) is 10.3. The van der Waals surface area contributed by atoms with E-state index in [1.165, 1.54) is 16.5 Å². The minimum absolute atomic E-state index is 0.161. The Labute approximate surface area is 385 Å². The fraction of sp³-hybridized carbons (Fsp3) is 0.600. The van der Waals surface area contributed by atoms with Crippen molar-refractivity contribution in [2.24, 2.45) is 17.3 Å². The number of ether oxygens (including phenoxy) is 2. The molecule has 15 heteroatoms. The molecule has 3 aromatic rings. The van der Waals surface area contributed by atoms with Gasteiger partial charge in [-0.3, -0.25) is 34.0 Å². The van der Waals surface area contributed by atoms with E-state index in [2.05, 4.69) is 71.8 Å². The minimum Gasteiger partial charge on any atom is -0.467 e. The van der Waals surface area contributed by atoms with Crippen LogP contribution in [0.4, 0.5) is 0 Å². The Morgan fingerprint density at radius 1 is 1.06 bits per heavy atom. The molecule has 5 atom stereocenters. The number of pyridine rings is 1. The van der Waals surface area contributed by atoms with Gasteiger partial charge in [-0.25, -0.2) is 5.43 Å². The Bertz CT molecular complexity index is 2180. The lowest BCUT2D eigenvalue weighted by Gasteiger charge is -2.38. The molecule has 2 aromatic heterocycles. The van der Waals surface area contributed by atoms with E-state index in [-0.39, 0.29) is 60.1 Å². The molecule has 0 unspecified atom stereocenters. The third kappa shape index (κ3) is 11.3. The summed E-state index contributed by atoms with van der Waals surface area (Å²) in [5.41, 5.74) is 9.30. The van der Waals surface area contributed by atoms with Gasteiger partial charge in [0.05, 0.1) is 30.0 Å². The molecule has 3 saturated heterocycles. The van der Waals surface area contributed by atoms with Crippen molar-refractivity contribution < 1.29 is 33.4 Å². The molecule has 3 fully saturated rings. The van der Waals surface area contributed by atoms with Crippen LogP contribution in [-0.2, 0) is 46.4 Å². The first-order chi connectivity index (χ1) is 31.1. The van der Waals surface area contributed by atoms with E-state index in [1.807, 2.05) is 26.8 Å². The Balaban J connectivity index is 1.29. The molecule has 0 aliphatic carbocycles. The maximum absolute atomic E-state index is 14.4. The van der Waals surface area contributed by atoms with E-state index in [0.717, 1.165) is 72.2 Å². The van der Waals surface area contributed by atoms with Gasteiger partial charge in [0.25, 0.3) is 12.4 Å². The Morgan fingerprint density at radius 3 is 2.52 bits per heavy atom. The summed E-state index contributed by atoms with van der Waals surface area (Å²) in [6.07, 6.45) is 7.70. The van der Waals surface area contributed by atoms with Crippen LogP contribution in [0.25, 0.3) is 22.2 Å². The molecule has 1 aromatic carbocycles. The second-order valence-electron chi connectivity index (χ2n) is 19.3. The summed E-state index contributed by atoms with van der Waals surface area (Å²) in [5.74, 6) is -1.46. The van der Waals surface area contributed by atoms with Crippen LogP contribution in [0.2, 0.25) is 0 Å². The molecule has 354 valence electrons. The number of aromatic nitrogens is 2. The number of rotatable bonds is 19. The van der Waals surface area contributed by atoms with E-state index in [1.54, 1.807) is 30.3 Å². The quantitative estimate of drug-likeness (QED) is 0.117. The molecule has 2 N–H and O–H groups in total. The first-order valence-corrected chi connectivity index (χ1v) is 23.6. The molecular weight excluding hydrogens is 825 g/mol. The number of amides is 4. The van der Waals surface area contributed by atoms with Crippen LogP contribution in [-0.4, -0.2) is 138 Å². The van der Waals surface area contributed by atoms with Gasteiger partial charge in [-0.1, -0.05) is 40.3 Å². The number of hydrogen-bond donors (Lipinski definition) is 2. The summed E-state index contributed by atoms with van der Waals surface area (Å²) in [6.45, 7) is 21.1. The van der Waals surface area contributed by atoms with Gasteiger partial charge < -0.3 is 34.1 Å². The molecule has 15 nitrogen and oxygen atoms in total. The van der Waals surface area contributed by atoms with Crippen molar-refractivity contribution >= 4 is 41.0 Å². The number of benzene rings is 1. The van der Waals surface area contributed by atoms with E-state index in [9.17, 15) is 24.0 Å². The topological polar surface area (TPSA) is 159 Å². The monoisotopic (exact) mass is 897 g/mol. The normalized spacial score (nSPS) is 19.8. The maximum Gasteiger partial charge on any atom is 0.293 e. The zero-order valence-electron chi connectivity index (χ0n) is 39.9. The Morgan fingerprint density at radius 2 is 1.85 bits per heavy atom. The number of carbonyl (C=O) groups is 5. The summed E-state index contributed by atoms with van der Waals surface area (Å²) in [6, 6.07) is 9.21. The molecule has 65 heavy (non-hydrogen) atoms. The maximum atomic E-state index is 14.4. The van der Waals surface area contributed by atoms with Crippen LogP contribution in [0.15, 0.2) is 49.2 Å². The average molecular weight is 897 g/mol. The third-order valence-corrected chi connectivity index (χ3v) is 13.6. The number of likely N-dealkylation sites (tertiary alicyclic amines) is 2. The van der Waals surface area contributed by atoms with Gasteiger partial charge in [0.2, 0.25) is 17.7 Å². The van der Waals surface area contributed by atoms with Gasteiger partial charge in [-0.2, -0.15) is 0 Å². The molecule has 3 aliphatic heterocycles. The number of fused-ring (bicyclic) bond motifs is 1. The second-order valence-corrected chi connectivity index (χ2v) is 19.3. The average Bonchev–Trinajstić information content (AvgIpc) is 3.93. The van der Waals surface area contributed by atoms with Crippen molar-refractivity contribution in [2.75, 3.05) is 66.6 Å². The van der Waals surface area contributed by atoms with Crippen LogP contribution in [0.3, 0.4) is 0 Å². The number of methoxy groups -OCH3 is 1. The molecule has 5 heterocycles. The van der Waals surface area contributed by atoms with Crippen molar-refractivity contribution in [3.8, 4) is 11.3 Å². The molecule has 0 radical (unpaired) electrons. The zero-order chi connectivity index (χ0) is 47.0. The van der Waals surface area contributed by atoms with Crippen molar-refractivity contribution in [3.63, 3.8) is 0 Å². The summed E-state index contributed by atoms with van der Waals surface area (Å²) >= 11 is 0. The lowest BCUT2D eigenvalue weighted by Crippen LogP contribution is -2.62. The predicted molar refractivity (Wildman–Crippen MR) is 251 cm³/mol. The number of hydrogen-bond acceptors (Lipinski definition) is 10. The zero-order valence-corrected chi connectivity index (χ0v) is 39.9. The van der Waals surface area contributed by atoms with Gasteiger partial charge in [0, 0.05) is 88.0 Å². The molecule has 0 saturated carbocycles. The highest BCUT2D eigenvalue weighted by molar-refractivity contribution is 5.94. The van der Waals surface area contributed by atoms with Crippen molar-refractivity contribution in [1.82, 2.24) is 40.0 Å². The van der Waals surface area contributed by atoms with Crippen molar-refractivity contribution in [3.05, 3.63) is 66.0 Å². The standard InChI is InChI=1S/C50H72N8O7/c1-10-43(60)56-25-20-37(29-56)48(62)54(8)45(33(3)4)47(61)53-41(49(63)58-24-13-12-22-52-58)30-55-23-15-16-36(28-55)35-18-19-42-39(26-35)40(27-50(6,7)31-65-32-59)46(57(42)11-2)38-17-14-21-51-44(38)34(5)64-9/h10,14,17-19,21,26,32-34,36-37,41,45,52H,1,11-13,15-16,20,22-25,27-31H2,2-9H3,(H,53,61)/t34-,36+,37-,41-,45-/m0/s1. The summed E-state index contributed by atoms with van der Waals surface area (Å²) in [4.78, 5) is 76.5. The lowest BCUT2D eigenvalue weighted by molar-refractivity contribution is -0.146. The first-order valence-electron chi connectivity index (χ1n) is 23.6. The second kappa shape index (κ2) is 21.9. The van der Waals surface area contributed by atoms with Gasteiger partial charge >= 0.3 is 0 Å². The van der Waals surface area contributed by atoms with Crippen LogP contribution in [0.5, 0.6) is 0 Å². The van der Waals surface area contributed by atoms with E-state index in [0.29, 0.717) is 52.0 Å². The summed E-state index contributed by atoms with van der Waals surface area (Å²) in [5, 5.41) is 5.93. The number of nitrogens with zero attached hydrogens (tertiary/aromatic N) is 6. The predicted octanol–water partition coefficient (Wildman–Crippen LogP) is 5.48. The van der Waals surface area contributed by atoms with Crippen LogP contribution in [0, 0.1) is 17.3 Å². The van der Waals surface area contributed by atoms with E-state index in [4.69, 9.17) is 14.5 Å². The Hall–Kier alpha value is -5.12. The van der Waals surface area contributed by atoms with Gasteiger partial charge in [0.1, 0.15) is 12.1 Å². The fourth-order valence-corrected chi connectivity index (χ4v) is 10.3. The number of likely N-dealkylation sites (N-methyl/N-ethyl adjacent to an activating group) is 1. The smallest absolute Gasteiger partial charge is 0.293 e. The highest BCUT2D eigenvalue weighted by Gasteiger charge is 2.40. The highest BCUT2D eigenvalue weighted by Crippen LogP contribution is 2.42. The molecule has 6 rings (SSSR count). The van der Waals surface area contributed by atoms with Gasteiger partial charge in [-0.05, 0) is 112 Å². The van der Waals surface area contributed by atoms with E-state index >= 15 is 0 Å². The molecule has 4 amide bonds. The number of piperidine rings is 1. The molecule has 0 spiro atoms. The lowest BCUT2D eigenvalue weighted by atomic mass is 9.83. The van der Waals surface area contributed by atoms with Crippen molar-refractivity contribution in [2.45, 2.75) is 111 Å². The van der Waals surface area contributed by atoms with Gasteiger partial charge in [0.15, 0.2) is 0 Å². The summed E-state index contributed by atoms with van der Waals surface area (Å²) in [7, 11) is 3.35. The number of aryl methyl sites for hydroxylation is 1. The first kappa shape index (κ1) is 49.3. The van der Waals surface area contributed by atoms with Crippen LogP contribution >= 0.6 is 0 Å².